The fraction of sp³-hybridized carbons (Fsp3) is 0.848. The Morgan fingerprint density at radius 3 is 0.774 bits per heavy atom. The Kier molecular flexibility index (Phi) is 72.7. The second-order valence-electron chi connectivity index (χ2n) is 25.7. The standard InChI is InChI=1S/C79H146O5/c1-3-5-7-9-11-13-15-17-19-21-23-25-27-29-31-33-35-37-38-39-40-42-43-45-47-49-51-53-55-57-59-61-63-65-67-69-71-73-78(81)83-76-77(75-80)84-79(82)74-72-70-68-66-64-62-60-58-56-54-52-50-48-46-44-41-36-34-32-30-28-26-24-22-20-18-16-14-12-10-8-6-4-2/h6,8,12,14,18,20,24,26,30,32,77,80H,3-5,7,9-11,13,15-17,19,21-23,25,27-29,31,33-76H2,1-2H3/b8-6-,14-12-,20-18-,26-24-,32-30-. The molecular weight excluding hydrogens is 1030 g/mol. The number of ether oxygens (including phenoxy) is 2. The van der Waals surface area contributed by atoms with Crippen LogP contribution in [0.25, 0.3) is 0 Å². The lowest BCUT2D eigenvalue weighted by Gasteiger charge is -2.15. The van der Waals surface area contributed by atoms with Crippen LogP contribution in [0, 0.1) is 0 Å². The summed E-state index contributed by atoms with van der Waals surface area (Å²) in [4.78, 5) is 24.7. The molecule has 0 amide bonds. The fourth-order valence-electron chi connectivity index (χ4n) is 11.7. The van der Waals surface area contributed by atoms with Gasteiger partial charge in [-0.2, -0.15) is 0 Å². The summed E-state index contributed by atoms with van der Waals surface area (Å²) in [5, 5.41) is 9.72. The molecule has 0 aliphatic heterocycles. The average Bonchev–Trinajstić information content (AvgIpc) is 3.51. The number of esters is 2. The van der Waals surface area contributed by atoms with Crippen molar-refractivity contribution in [3.05, 3.63) is 60.8 Å². The molecule has 0 radical (unpaired) electrons. The lowest BCUT2D eigenvalue weighted by Crippen LogP contribution is -2.28. The monoisotopic (exact) mass is 1180 g/mol. The van der Waals surface area contributed by atoms with Gasteiger partial charge in [0.15, 0.2) is 6.10 Å². The molecule has 0 spiro atoms. The minimum atomic E-state index is -0.772. The number of allylic oxidation sites excluding steroid dienone is 10. The van der Waals surface area contributed by atoms with Crippen molar-refractivity contribution in [1.29, 1.82) is 0 Å². The van der Waals surface area contributed by atoms with Crippen LogP contribution in [0.3, 0.4) is 0 Å². The van der Waals surface area contributed by atoms with E-state index < -0.39 is 6.10 Å². The first-order valence-corrected chi connectivity index (χ1v) is 37.8. The second kappa shape index (κ2) is 74.9. The maximum absolute atomic E-state index is 12.4. The van der Waals surface area contributed by atoms with Crippen molar-refractivity contribution in [2.45, 2.75) is 418 Å². The molecule has 1 N–H and O–H groups in total. The van der Waals surface area contributed by atoms with Crippen molar-refractivity contribution in [2.75, 3.05) is 13.2 Å². The Labute approximate surface area is 525 Å². The van der Waals surface area contributed by atoms with Gasteiger partial charge in [-0.05, 0) is 57.8 Å². The predicted octanol–water partition coefficient (Wildman–Crippen LogP) is 26.4. The van der Waals surface area contributed by atoms with E-state index in [1.165, 1.54) is 321 Å². The summed E-state index contributed by atoms with van der Waals surface area (Å²) in [6, 6.07) is 0. The molecule has 84 heavy (non-hydrogen) atoms. The van der Waals surface area contributed by atoms with Crippen molar-refractivity contribution in [2.24, 2.45) is 0 Å². The van der Waals surface area contributed by atoms with Gasteiger partial charge in [-0.3, -0.25) is 9.59 Å². The molecule has 0 aliphatic rings. The van der Waals surface area contributed by atoms with Gasteiger partial charge < -0.3 is 14.6 Å². The number of aliphatic hydroxyl groups is 1. The lowest BCUT2D eigenvalue weighted by molar-refractivity contribution is -0.161. The van der Waals surface area contributed by atoms with Crippen LogP contribution in [0.1, 0.15) is 412 Å². The van der Waals surface area contributed by atoms with Gasteiger partial charge in [-0.25, -0.2) is 0 Å². The van der Waals surface area contributed by atoms with Crippen molar-refractivity contribution in [1.82, 2.24) is 0 Å². The van der Waals surface area contributed by atoms with Crippen molar-refractivity contribution < 1.29 is 24.2 Å². The smallest absolute Gasteiger partial charge is 0.306 e. The van der Waals surface area contributed by atoms with Crippen LogP contribution < -0.4 is 0 Å². The van der Waals surface area contributed by atoms with Gasteiger partial charge in [0.05, 0.1) is 6.61 Å². The zero-order valence-corrected chi connectivity index (χ0v) is 56.7. The Balaban J connectivity index is 3.38. The fourth-order valence-corrected chi connectivity index (χ4v) is 11.7. The highest BCUT2D eigenvalue weighted by atomic mass is 16.6. The number of rotatable bonds is 71. The molecular formula is C79H146O5. The van der Waals surface area contributed by atoms with E-state index in [4.69, 9.17) is 9.47 Å². The van der Waals surface area contributed by atoms with Gasteiger partial charge in [0.1, 0.15) is 6.61 Å². The van der Waals surface area contributed by atoms with E-state index in [-0.39, 0.29) is 25.2 Å². The molecule has 0 aliphatic carbocycles. The van der Waals surface area contributed by atoms with E-state index in [0.717, 1.165) is 64.2 Å². The Morgan fingerprint density at radius 1 is 0.286 bits per heavy atom. The maximum Gasteiger partial charge on any atom is 0.306 e. The summed E-state index contributed by atoms with van der Waals surface area (Å²) < 4.78 is 10.8. The normalized spacial score (nSPS) is 12.5. The number of unbranched alkanes of at least 4 members (excludes halogenated alkanes) is 53. The number of aliphatic hydroxyl groups excluding tert-OH is 1. The van der Waals surface area contributed by atoms with Crippen LogP contribution >= 0.6 is 0 Å². The van der Waals surface area contributed by atoms with E-state index in [0.29, 0.717) is 12.8 Å². The minimum Gasteiger partial charge on any atom is -0.462 e. The van der Waals surface area contributed by atoms with E-state index >= 15 is 0 Å². The molecule has 5 nitrogen and oxygen atoms in total. The van der Waals surface area contributed by atoms with E-state index in [1.807, 2.05) is 0 Å². The van der Waals surface area contributed by atoms with E-state index in [2.05, 4.69) is 74.6 Å². The molecule has 0 aromatic carbocycles. The molecule has 5 heteroatoms. The van der Waals surface area contributed by atoms with Crippen LogP contribution in [-0.4, -0.2) is 36.4 Å². The Hall–Kier alpha value is -2.40. The Morgan fingerprint density at radius 2 is 0.512 bits per heavy atom. The molecule has 0 saturated carbocycles. The third-order valence-corrected chi connectivity index (χ3v) is 17.3. The topological polar surface area (TPSA) is 72.8 Å². The average molecular weight is 1180 g/mol. The maximum atomic E-state index is 12.4. The highest BCUT2D eigenvalue weighted by Gasteiger charge is 2.16. The molecule has 1 atom stereocenters. The van der Waals surface area contributed by atoms with E-state index in [9.17, 15) is 14.7 Å². The SMILES string of the molecule is CC/C=C\C/C=C\C/C=C\C/C=C\C/C=C\CCCCCCCCCCCCCCCCCCCC(=O)OC(CO)COC(=O)CCCCCCCCCCCCCCCCCCCCCCCCCCCCCCCCCCCCCCC. The van der Waals surface area contributed by atoms with Crippen LogP contribution in [0.4, 0.5) is 0 Å². The minimum absolute atomic E-state index is 0.0608. The highest BCUT2D eigenvalue weighted by molar-refractivity contribution is 5.70. The summed E-state index contributed by atoms with van der Waals surface area (Å²) >= 11 is 0. The first kappa shape index (κ1) is 81.6. The van der Waals surface area contributed by atoms with Gasteiger partial charge in [0.25, 0.3) is 0 Å². The molecule has 0 saturated heterocycles. The summed E-state index contributed by atoms with van der Waals surface area (Å²) in [6.45, 7) is 4.09. The van der Waals surface area contributed by atoms with Gasteiger partial charge in [-0.15, -0.1) is 0 Å². The molecule has 0 fully saturated rings. The quantitative estimate of drug-likeness (QED) is 0.0373. The van der Waals surface area contributed by atoms with Crippen molar-refractivity contribution in [3.8, 4) is 0 Å². The summed E-state index contributed by atoms with van der Waals surface area (Å²) in [6.07, 6.45) is 103. The zero-order valence-electron chi connectivity index (χ0n) is 56.7. The van der Waals surface area contributed by atoms with Crippen LogP contribution in [0.2, 0.25) is 0 Å². The first-order chi connectivity index (χ1) is 41.6. The van der Waals surface area contributed by atoms with Crippen molar-refractivity contribution >= 4 is 11.9 Å². The summed E-state index contributed by atoms with van der Waals surface area (Å²) in [5.74, 6) is -0.568. The first-order valence-electron chi connectivity index (χ1n) is 37.8. The molecule has 0 aromatic heterocycles. The zero-order chi connectivity index (χ0) is 60.5. The number of hydrogen-bond donors (Lipinski definition) is 1. The molecule has 0 heterocycles. The molecule has 0 bridgehead atoms. The highest BCUT2D eigenvalue weighted by Crippen LogP contribution is 2.20. The third kappa shape index (κ3) is 72.1. The Bertz CT molecular complexity index is 1430. The number of carbonyl (C=O) groups is 2. The third-order valence-electron chi connectivity index (χ3n) is 17.3. The van der Waals surface area contributed by atoms with Gasteiger partial charge in [-0.1, -0.05) is 402 Å². The lowest BCUT2D eigenvalue weighted by atomic mass is 10.0. The predicted molar refractivity (Wildman–Crippen MR) is 371 cm³/mol. The van der Waals surface area contributed by atoms with Gasteiger partial charge in [0.2, 0.25) is 0 Å². The molecule has 492 valence electrons. The van der Waals surface area contributed by atoms with Crippen molar-refractivity contribution in [3.63, 3.8) is 0 Å². The summed E-state index contributed by atoms with van der Waals surface area (Å²) in [5.41, 5.74) is 0. The number of carbonyl (C=O) groups excluding carboxylic acids is 2. The van der Waals surface area contributed by atoms with Crippen LogP contribution in [-0.2, 0) is 19.1 Å². The van der Waals surface area contributed by atoms with Gasteiger partial charge in [0, 0.05) is 12.8 Å². The second-order valence-corrected chi connectivity index (χ2v) is 25.7. The van der Waals surface area contributed by atoms with Gasteiger partial charge >= 0.3 is 11.9 Å². The number of hydrogen-bond acceptors (Lipinski definition) is 5. The molecule has 0 rings (SSSR count). The molecule has 1 unspecified atom stereocenters. The summed E-state index contributed by atoms with van der Waals surface area (Å²) in [7, 11) is 0. The molecule has 0 aromatic rings. The largest absolute Gasteiger partial charge is 0.462 e. The van der Waals surface area contributed by atoms with Crippen LogP contribution in [0.15, 0.2) is 60.8 Å². The van der Waals surface area contributed by atoms with E-state index in [1.54, 1.807) is 0 Å². The van der Waals surface area contributed by atoms with Crippen LogP contribution in [0.5, 0.6) is 0 Å².